The molecular weight excluding hydrogens is 297 g/mol. The summed E-state index contributed by atoms with van der Waals surface area (Å²) in [6.07, 6.45) is -3.85. The number of amides is 2. The van der Waals surface area contributed by atoms with E-state index in [-0.39, 0.29) is 18.6 Å². The van der Waals surface area contributed by atoms with Crippen LogP contribution in [0.15, 0.2) is 24.3 Å². The normalized spacial score (nSPS) is 12.1. The third-order valence-corrected chi connectivity index (χ3v) is 3.22. The zero-order valence-corrected chi connectivity index (χ0v) is 12.6. The van der Waals surface area contributed by atoms with Crippen LogP contribution in [0.3, 0.4) is 0 Å². The zero-order valence-electron chi connectivity index (χ0n) is 12.6. The van der Waals surface area contributed by atoms with Gasteiger partial charge < -0.3 is 15.7 Å². The molecule has 0 saturated heterocycles. The van der Waals surface area contributed by atoms with Gasteiger partial charge in [-0.05, 0) is 29.5 Å². The summed E-state index contributed by atoms with van der Waals surface area (Å²) in [5.74, 6) is 0. The summed E-state index contributed by atoms with van der Waals surface area (Å²) in [6.45, 7) is 4.20. The van der Waals surface area contributed by atoms with Crippen molar-refractivity contribution in [3.8, 4) is 0 Å². The second kappa shape index (κ2) is 7.49. The average Bonchev–Trinajstić information content (AvgIpc) is 2.42. The highest BCUT2D eigenvalue weighted by atomic mass is 19.4. The molecule has 0 aromatic heterocycles. The number of aliphatic hydroxyl groups is 1. The number of benzene rings is 1. The van der Waals surface area contributed by atoms with Gasteiger partial charge in [0.25, 0.3) is 0 Å². The van der Waals surface area contributed by atoms with Gasteiger partial charge in [-0.15, -0.1) is 0 Å². The lowest BCUT2D eigenvalue weighted by Gasteiger charge is -2.23. The fraction of sp³-hybridized carbons (Fsp3) is 0.533. The molecule has 0 heterocycles. The Morgan fingerprint density at radius 1 is 1.23 bits per heavy atom. The van der Waals surface area contributed by atoms with Crippen molar-refractivity contribution in [1.82, 2.24) is 10.6 Å². The maximum Gasteiger partial charge on any atom is 0.416 e. The van der Waals surface area contributed by atoms with E-state index in [9.17, 15) is 18.0 Å². The van der Waals surface area contributed by atoms with Gasteiger partial charge >= 0.3 is 12.2 Å². The van der Waals surface area contributed by atoms with Crippen molar-refractivity contribution in [3.05, 3.63) is 35.4 Å². The van der Waals surface area contributed by atoms with Crippen LogP contribution in [0.5, 0.6) is 0 Å². The third kappa shape index (κ3) is 6.34. The fourth-order valence-electron chi connectivity index (χ4n) is 1.81. The van der Waals surface area contributed by atoms with Gasteiger partial charge in [0.15, 0.2) is 0 Å². The Morgan fingerprint density at radius 3 is 2.50 bits per heavy atom. The Morgan fingerprint density at radius 2 is 1.91 bits per heavy atom. The minimum atomic E-state index is -4.40. The van der Waals surface area contributed by atoms with E-state index >= 15 is 0 Å². The number of alkyl halides is 3. The quantitative estimate of drug-likeness (QED) is 0.755. The largest absolute Gasteiger partial charge is 0.416 e. The van der Waals surface area contributed by atoms with Gasteiger partial charge in [-0.25, -0.2) is 4.79 Å². The molecular formula is C15H21F3N2O2. The highest BCUT2D eigenvalue weighted by molar-refractivity contribution is 5.73. The first kappa shape index (κ1) is 18.3. The number of carbonyl (C=O) groups is 1. The lowest BCUT2D eigenvalue weighted by atomic mass is 9.90. The van der Waals surface area contributed by atoms with E-state index in [1.807, 2.05) is 13.8 Å². The predicted molar refractivity (Wildman–Crippen MR) is 77.2 cm³/mol. The van der Waals surface area contributed by atoms with Crippen molar-refractivity contribution >= 4 is 6.03 Å². The predicted octanol–water partition coefficient (Wildman–Crippen LogP) is 2.91. The first-order valence-corrected chi connectivity index (χ1v) is 6.93. The molecule has 0 bridgehead atoms. The topological polar surface area (TPSA) is 61.4 Å². The van der Waals surface area contributed by atoms with Crippen molar-refractivity contribution in [1.29, 1.82) is 0 Å². The summed E-state index contributed by atoms with van der Waals surface area (Å²) in [4.78, 5) is 11.6. The molecule has 0 aliphatic carbocycles. The molecule has 1 aromatic carbocycles. The highest BCUT2D eigenvalue weighted by Gasteiger charge is 2.30. The highest BCUT2D eigenvalue weighted by Crippen LogP contribution is 2.29. The summed E-state index contributed by atoms with van der Waals surface area (Å²) in [7, 11) is 0. The van der Waals surface area contributed by atoms with Crippen LogP contribution >= 0.6 is 0 Å². The van der Waals surface area contributed by atoms with Gasteiger partial charge in [0.1, 0.15) is 0 Å². The van der Waals surface area contributed by atoms with Crippen LogP contribution in [0.2, 0.25) is 0 Å². The van der Waals surface area contributed by atoms with Crippen molar-refractivity contribution in [2.75, 3.05) is 13.2 Å². The molecule has 0 unspecified atom stereocenters. The standard InChI is InChI=1S/C15H21F3N2O2/c1-14(2,6-7-21)10-20-13(22)19-9-11-4-3-5-12(8-11)15(16,17)18/h3-5,8,21H,6-7,9-10H2,1-2H3,(H2,19,20,22). The molecule has 2 amide bonds. The molecule has 1 rings (SSSR count). The molecule has 0 fully saturated rings. The number of carbonyl (C=O) groups excluding carboxylic acids is 1. The second-order valence-corrected chi connectivity index (χ2v) is 5.87. The van der Waals surface area contributed by atoms with Crippen LogP contribution < -0.4 is 10.6 Å². The van der Waals surface area contributed by atoms with Crippen LogP contribution in [0.4, 0.5) is 18.0 Å². The molecule has 4 nitrogen and oxygen atoms in total. The molecule has 0 saturated carbocycles. The number of hydrogen-bond acceptors (Lipinski definition) is 2. The summed E-state index contributed by atoms with van der Waals surface area (Å²) in [5, 5.41) is 14.0. The van der Waals surface area contributed by atoms with Crippen molar-refractivity contribution in [2.24, 2.45) is 5.41 Å². The molecule has 0 aliphatic heterocycles. The third-order valence-electron chi connectivity index (χ3n) is 3.22. The van der Waals surface area contributed by atoms with Gasteiger partial charge in [0.2, 0.25) is 0 Å². The van der Waals surface area contributed by atoms with Gasteiger partial charge in [-0.2, -0.15) is 13.2 Å². The van der Waals surface area contributed by atoms with Crippen molar-refractivity contribution < 1.29 is 23.1 Å². The minimum Gasteiger partial charge on any atom is -0.396 e. The monoisotopic (exact) mass is 318 g/mol. The van der Waals surface area contributed by atoms with E-state index in [1.165, 1.54) is 12.1 Å². The smallest absolute Gasteiger partial charge is 0.396 e. The molecule has 124 valence electrons. The molecule has 1 aromatic rings. The average molecular weight is 318 g/mol. The van der Waals surface area contributed by atoms with Crippen LogP contribution in [-0.4, -0.2) is 24.3 Å². The van der Waals surface area contributed by atoms with Crippen molar-refractivity contribution in [3.63, 3.8) is 0 Å². The Labute approximate surface area is 127 Å². The van der Waals surface area contributed by atoms with E-state index in [2.05, 4.69) is 10.6 Å². The Bertz CT molecular complexity index is 502. The number of urea groups is 1. The van der Waals surface area contributed by atoms with Gasteiger partial charge in [-0.3, -0.25) is 0 Å². The van der Waals surface area contributed by atoms with E-state index in [0.717, 1.165) is 12.1 Å². The second-order valence-electron chi connectivity index (χ2n) is 5.87. The first-order valence-electron chi connectivity index (χ1n) is 6.93. The molecule has 0 spiro atoms. The minimum absolute atomic E-state index is 0.0101. The van der Waals surface area contributed by atoms with Crippen molar-refractivity contribution in [2.45, 2.75) is 33.0 Å². The Balaban J connectivity index is 2.48. The zero-order chi connectivity index (χ0) is 16.8. The summed E-state index contributed by atoms with van der Waals surface area (Å²) in [5.41, 5.74) is -0.613. The summed E-state index contributed by atoms with van der Waals surface area (Å²) >= 11 is 0. The van der Waals surface area contributed by atoms with E-state index in [4.69, 9.17) is 5.11 Å². The van der Waals surface area contributed by atoms with E-state index in [1.54, 1.807) is 0 Å². The SMILES string of the molecule is CC(C)(CCO)CNC(=O)NCc1cccc(C(F)(F)F)c1. The Hall–Kier alpha value is -1.76. The number of hydrogen-bond donors (Lipinski definition) is 3. The van der Waals surface area contributed by atoms with Crippen LogP contribution in [0.1, 0.15) is 31.4 Å². The molecule has 22 heavy (non-hydrogen) atoms. The maximum atomic E-state index is 12.6. The number of halogens is 3. The molecule has 0 aliphatic rings. The van der Waals surface area contributed by atoms with Crippen LogP contribution in [-0.2, 0) is 12.7 Å². The number of aliphatic hydroxyl groups excluding tert-OH is 1. The Kier molecular flexibility index (Phi) is 6.22. The van der Waals surface area contributed by atoms with Gasteiger partial charge in [-0.1, -0.05) is 26.0 Å². The van der Waals surface area contributed by atoms with Gasteiger partial charge in [0.05, 0.1) is 5.56 Å². The maximum absolute atomic E-state index is 12.6. The summed E-state index contributed by atoms with van der Waals surface area (Å²) in [6, 6.07) is 4.37. The number of nitrogens with one attached hydrogen (secondary N) is 2. The van der Waals surface area contributed by atoms with E-state index < -0.39 is 17.8 Å². The molecule has 0 atom stereocenters. The molecule has 7 heteroatoms. The lowest BCUT2D eigenvalue weighted by molar-refractivity contribution is -0.137. The van der Waals surface area contributed by atoms with Gasteiger partial charge in [0, 0.05) is 19.7 Å². The number of rotatable bonds is 6. The van der Waals surface area contributed by atoms with Crippen LogP contribution in [0.25, 0.3) is 0 Å². The van der Waals surface area contributed by atoms with E-state index in [0.29, 0.717) is 18.5 Å². The molecule has 0 radical (unpaired) electrons. The fourth-order valence-corrected chi connectivity index (χ4v) is 1.81. The first-order chi connectivity index (χ1) is 10.1. The molecule has 3 N–H and O–H groups in total. The van der Waals surface area contributed by atoms with Crippen LogP contribution in [0, 0.1) is 5.41 Å². The summed E-state index contributed by atoms with van der Waals surface area (Å²) < 4.78 is 37.7. The lowest BCUT2D eigenvalue weighted by Crippen LogP contribution is -2.40.